The molecule has 0 saturated heterocycles. The van der Waals surface area contributed by atoms with E-state index in [1.54, 1.807) is 36.4 Å². The highest BCUT2D eigenvalue weighted by Gasteiger charge is 2.27. The average molecular weight is 498 g/mol. The van der Waals surface area contributed by atoms with Gasteiger partial charge in [-0.25, -0.2) is 8.42 Å². The predicted octanol–water partition coefficient (Wildman–Crippen LogP) is 5.47. The summed E-state index contributed by atoms with van der Waals surface area (Å²) in [5.74, 6) is -0.481. The second-order valence-corrected chi connectivity index (χ2v) is 9.96. The Morgan fingerprint density at radius 1 is 0.935 bits per heavy atom. The Hall–Kier alpha value is -2.25. The van der Waals surface area contributed by atoms with Gasteiger partial charge < -0.3 is 5.32 Å². The maximum Gasteiger partial charge on any atom is 0.264 e. The molecule has 5 nitrogen and oxygen atoms in total. The summed E-state index contributed by atoms with van der Waals surface area (Å²) in [5, 5.41) is 4.03. The molecule has 0 spiro atoms. The van der Waals surface area contributed by atoms with Gasteiger partial charge in [0.2, 0.25) is 5.91 Å². The Balaban J connectivity index is 1.86. The average Bonchev–Trinajstić information content (AvgIpc) is 2.71. The Morgan fingerprint density at radius 2 is 1.61 bits per heavy atom. The van der Waals surface area contributed by atoms with Gasteiger partial charge in [-0.15, -0.1) is 0 Å². The number of nitrogens with zero attached hydrogens (tertiary/aromatic N) is 1. The van der Waals surface area contributed by atoms with Crippen molar-refractivity contribution in [1.29, 1.82) is 0 Å². The van der Waals surface area contributed by atoms with Crippen molar-refractivity contribution < 1.29 is 13.2 Å². The van der Waals surface area contributed by atoms with E-state index >= 15 is 0 Å². The van der Waals surface area contributed by atoms with Crippen LogP contribution >= 0.6 is 34.8 Å². The molecule has 0 aliphatic heterocycles. The lowest BCUT2D eigenvalue weighted by molar-refractivity contribution is -0.119. The monoisotopic (exact) mass is 496 g/mol. The SMILES string of the molecule is Cc1cccc(N(CC(=O)NCc2ccc(Cl)cc2Cl)S(=O)(=O)c2ccc(Cl)cc2)c1. The highest BCUT2D eigenvalue weighted by atomic mass is 35.5. The predicted molar refractivity (Wildman–Crippen MR) is 125 cm³/mol. The minimum atomic E-state index is -4.01. The molecule has 3 rings (SSSR count). The highest BCUT2D eigenvalue weighted by Crippen LogP contribution is 2.25. The molecule has 0 aliphatic carbocycles. The molecule has 9 heteroatoms. The summed E-state index contributed by atoms with van der Waals surface area (Å²) < 4.78 is 27.7. The molecule has 3 aromatic rings. The number of amides is 1. The lowest BCUT2D eigenvalue weighted by Gasteiger charge is -2.24. The minimum absolute atomic E-state index is 0.0342. The first-order valence-corrected chi connectivity index (χ1v) is 11.8. The number of nitrogens with one attached hydrogen (secondary N) is 1. The molecule has 0 bridgehead atoms. The highest BCUT2D eigenvalue weighted by molar-refractivity contribution is 7.92. The zero-order chi connectivity index (χ0) is 22.6. The van der Waals surface area contributed by atoms with E-state index in [1.807, 2.05) is 13.0 Å². The van der Waals surface area contributed by atoms with Gasteiger partial charge in [-0.2, -0.15) is 0 Å². The first-order valence-electron chi connectivity index (χ1n) is 9.22. The third-order valence-electron chi connectivity index (χ3n) is 4.47. The van der Waals surface area contributed by atoms with Gasteiger partial charge in [-0.05, 0) is 66.6 Å². The maximum absolute atomic E-state index is 13.3. The number of sulfonamides is 1. The Morgan fingerprint density at radius 3 is 2.26 bits per heavy atom. The van der Waals surface area contributed by atoms with Crippen LogP contribution in [0.5, 0.6) is 0 Å². The van der Waals surface area contributed by atoms with Gasteiger partial charge in [0.25, 0.3) is 10.0 Å². The summed E-state index contributed by atoms with van der Waals surface area (Å²) in [5.41, 5.74) is 1.92. The molecule has 0 aromatic heterocycles. The smallest absolute Gasteiger partial charge is 0.264 e. The number of carbonyl (C=O) groups is 1. The Kier molecular flexibility index (Phi) is 7.49. The number of aryl methyl sites for hydroxylation is 1. The quantitative estimate of drug-likeness (QED) is 0.471. The first kappa shape index (κ1) is 23.4. The molecule has 1 N–H and O–H groups in total. The van der Waals surface area contributed by atoms with Crippen LogP contribution in [0.15, 0.2) is 71.6 Å². The maximum atomic E-state index is 13.3. The summed E-state index contributed by atoms with van der Waals surface area (Å²) in [4.78, 5) is 12.7. The van der Waals surface area contributed by atoms with Gasteiger partial charge in [0.05, 0.1) is 10.6 Å². The van der Waals surface area contributed by atoms with Crippen molar-refractivity contribution in [3.8, 4) is 0 Å². The van der Waals surface area contributed by atoms with Gasteiger partial charge in [0.1, 0.15) is 6.54 Å². The minimum Gasteiger partial charge on any atom is -0.350 e. The van der Waals surface area contributed by atoms with E-state index in [4.69, 9.17) is 34.8 Å². The van der Waals surface area contributed by atoms with E-state index in [0.29, 0.717) is 26.3 Å². The van der Waals surface area contributed by atoms with Gasteiger partial charge >= 0.3 is 0 Å². The summed E-state index contributed by atoms with van der Waals surface area (Å²) in [7, 11) is -4.01. The lowest BCUT2D eigenvalue weighted by atomic mass is 10.2. The number of carbonyl (C=O) groups excluding carboxylic acids is 1. The van der Waals surface area contributed by atoms with Gasteiger partial charge in [-0.1, -0.05) is 53.0 Å². The number of benzene rings is 3. The van der Waals surface area contributed by atoms with Crippen molar-refractivity contribution in [2.24, 2.45) is 0 Å². The topological polar surface area (TPSA) is 66.5 Å². The first-order chi connectivity index (χ1) is 14.7. The Labute approximate surface area is 196 Å². The van der Waals surface area contributed by atoms with Crippen LogP contribution < -0.4 is 9.62 Å². The van der Waals surface area contributed by atoms with E-state index < -0.39 is 22.5 Å². The number of halogens is 3. The summed E-state index contributed by atoms with van der Waals surface area (Å²) in [6, 6.07) is 17.7. The normalized spacial score (nSPS) is 11.2. The molecule has 0 atom stereocenters. The molecule has 162 valence electrons. The zero-order valence-corrected chi connectivity index (χ0v) is 19.6. The van der Waals surface area contributed by atoms with Crippen molar-refractivity contribution in [3.63, 3.8) is 0 Å². The summed E-state index contributed by atoms with van der Waals surface area (Å²) in [6.45, 7) is 1.58. The molecule has 0 fully saturated rings. The van der Waals surface area contributed by atoms with Crippen molar-refractivity contribution in [2.75, 3.05) is 10.8 Å². The van der Waals surface area contributed by atoms with Crippen LogP contribution in [0.25, 0.3) is 0 Å². The van der Waals surface area contributed by atoms with Crippen LogP contribution in [0.3, 0.4) is 0 Å². The molecular formula is C22H19Cl3N2O3S. The van der Waals surface area contributed by atoms with Crippen LogP contribution in [0.4, 0.5) is 5.69 Å². The second-order valence-electron chi connectivity index (χ2n) is 6.82. The molecular weight excluding hydrogens is 479 g/mol. The van der Waals surface area contributed by atoms with Crippen LogP contribution in [0.1, 0.15) is 11.1 Å². The van der Waals surface area contributed by atoms with Crippen molar-refractivity contribution in [2.45, 2.75) is 18.4 Å². The van der Waals surface area contributed by atoms with Gasteiger partial charge in [0, 0.05) is 21.6 Å². The van der Waals surface area contributed by atoms with Crippen molar-refractivity contribution in [3.05, 3.63) is 92.9 Å². The number of anilines is 1. The van der Waals surface area contributed by atoms with Gasteiger partial charge in [-0.3, -0.25) is 9.10 Å². The lowest BCUT2D eigenvalue weighted by Crippen LogP contribution is -2.40. The number of hydrogen-bond donors (Lipinski definition) is 1. The third-order valence-corrected chi connectivity index (χ3v) is 7.10. The molecule has 0 unspecified atom stereocenters. The van der Waals surface area contributed by atoms with E-state index in [-0.39, 0.29) is 11.4 Å². The van der Waals surface area contributed by atoms with Crippen molar-refractivity contribution >= 4 is 56.4 Å². The number of hydrogen-bond acceptors (Lipinski definition) is 3. The fraction of sp³-hybridized carbons (Fsp3) is 0.136. The molecule has 0 saturated carbocycles. The van der Waals surface area contributed by atoms with E-state index in [0.717, 1.165) is 9.87 Å². The van der Waals surface area contributed by atoms with Crippen molar-refractivity contribution in [1.82, 2.24) is 5.32 Å². The van der Waals surface area contributed by atoms with Crippen LogP contribution in [-0.2, 0) is 21.4 Å². The third kappa shape index (κ3) is 5.92. The molecule has 31 heavy (non-hydrogen) atoms. The number of rotatable bonds is 7. The standard InChI is InChI=1S/C22H19Cl3N2O3S/c1-15-3-2-4-19(11-15)27(31(29,30)20-9-7-17(23)8-10-20)14-22(28)26-13-16-5-6-18(24)12-21(16)25/h2-12H,13-14H2,1H3,(H,26,28). The summed E-state index contributed by atoms with van der Waals surface area (Å²) >= 11 is 17.9. The summed E-state index contributed by atoms with van der Waals surface area (Å²) in [6.07, 6.45) is 0. The zero-order valence-electron chi connectivity index (χ0n) is 16.5. The van der Waals surface area contributed by atoms with E-state index in [1.165, 1.54) is 24.3 Å². The molecule has 1 amide bonds. The molecule has 3 aromatic carbocycles. The Bertz CT molecular complexity index is 1200. The van der Waals surface area contributed by atoms with E-state index in [2.05, 4.69) is 5.32 Å². The van der Waals surface area contributed by atoms with Crippen LogP contribution in [0.2, 0.25) is 15.1 Å². The fourth-order valence-corrected chi connectivity index (χ4v) is 4.89. The fourth-order valence-electron chi connectivity index (χ4n) is 2.88. The van der Waals surface area contributed by atoms with Crippen LogP contribution in [0, 0.1) is 6.92 Å². The van der Waals surface area contributed by atoms with Gasteiger partial charge in [0.15, 0.2) is 0 Å². The molecule has 0 radical (unpaired) electrons. The molecule has 0 aliphatic rings. The second kappa shape index (κ2) is 9.92. The van der Waals surface area contributed by atoms with Crippen LogP contribution in [-0.4, -0.2) is 20.9 Å². The molecule has 0 heterocycles. The largest absolute Gasteiger partial charge is 0.350 e. The van der Waals surface area contributed by atoms with E-state index in [9.17, 15) is 13.2 Å².